The second-order valence-electron chi connectivity index (χ2n) is 6.37. The van der Waals surface area contributed by atoms with Crippen LogP contribution in [-0.4, -0.2) is 50.0 Å². The molecule has 0 saturated carbocycles. The van der Waals surface area contributed by atoms with Crippen LogP contribution in [0.15, 0.2) is 4.99 Å². The Hall–Kier alpha value is -1.72. The van der Waals surface area contributed by atoms with E-state index in [-0.39, 0.29) is 37.4 Å². The van der Waals surface area contributed by atoms with Crippen molar-refractivity contribution in [1.29, 1.82) is 0 Å². The molecule has 0 N–H and O–H groups in total. The molecular formula is C19H33NO6. The summed E-state index contributed by atoms with van der Waals surface area (Å²) in [6.45, 7) is 6.52. The van der Waals surface area contributed by atoms with Crippen molar-refractivity contribution in [2.45, 2.75) is 84.3 Å². The van der Waals surface area contributed by atoms with Crippen LogP contribution in [0.4, 0.5) is 0 Å². The van der Waals surface area contributed by atoms with Gasteiger partial charge in [0.25, 0.3) is 0 Å². The van der Waals surface area contributed by atoms with Gasteiger partial charge in [-0.3, -0.25) is 9.59 Å². The highest BCUT2D eigenvalue weighted by Gasteiger charge is 2.13. The summed E-state index contributed by atoms with van der Waals surface area (Å²) in [5, 5.41) is 0. The van der Waals surface area contributed by atoms with Crippen LogP contribution in [0.3, 0.4) is 0 Å². The van der Waals surface area contributed by atoms with Gasteiger partial charge in [-0.15, -0.1) is 0 Å². The summed E-state index contributed by atoms with van der Waals surface area (Å²) in [6.07, 6.45) is 7.12. The predicted molar refractivity (Wildman–Crippen MR) is 97.5 cm³/mol. The molecule has 0 spiro atoms. The number of isocyanates is 1. The van der Waals surface area contributed by atoms with Crippen molar-refractivity contribution in [3.05, 3.63) is 0 Å². The summed E-state index contributed by atoms with van der Waals surface area (Å²) in [4.78, 5) is 36.4. The number of aliphatic imine (C=N–C) groups is 1. The van der Waals surface area contributed by atoms with Crippen LogP contribution in [0.5, 0.6) is 0 Å². The maximum Gasteiger partial charge on any atom is 0.306 e. The minimum Gasteiger partial charge on any atom is -0.463 e. The molecular weight excluding hydrogens is 338 g/mol. The van der Waals surface area contributed by atoms with Gasteiger partial charge in [-0.1, -0.05) is 26.2 Å². The third kappa shape index (κ3) is 15.8. The first kappa shape index (κ1) is 24.3. The molecule has 0 aliphatic heterocycles. The number of carbonyl (C=O) groups excluding carboxylic acids is 3. The van der Waals surface area contributed by atoms with Crippen molar-refractivity contribution >= 4 is 18.0 Å². The largest absolute Gasteiger partial charge is 0.463 e. The van der Waals surface area contributed by atoms with Crippen LogP contribution in [0.25, 0.3) is 0 Å². The molecule has 150 valence electrons. The molecule has 2 atom stereocenters. The molecule has 0 aliphatic carbocycles. The maximum atomic E-state index is 11.8. The Morgan fingerprint density at radius 2 is 1.62 bits per heavy atom. The van der Waals surface area contributed by atoms with E-state index in [1.807, 2.05) is 13.8 Å². The van der Waals surface area contributed by atoms with Crippen LogP contribution in [0.2, 0.25) is 0 Å². The Kier molecular flexibility index (Phi) is 15.6. The van der Waals surface area contributed by atoms with E-state index in [0.29, 0.717) is 19.4 Å². The lowest BCUT2D eigenvalue weighted by Gasteiger charge is -2.17. The molecule has 0 heterocycles. The van der Waals surface area contributed by atoms with Crippen LogP contribution >= 0.6 is 0 Å². The van der Waals surface area contributed by atoms with E-state index in [9.17, 15) is 14.4 Å². The van der Waals surface area contributed by atoms with E-state index in [4.69, 9.17) is 14.2 Å². The lowest BCUT2D eigenvalue weighted by atomic mass is 10.1. The summed E-state index contributed by atoms with van der Waals surface area (Å²) in [5.41, 5.74) is 0. The summed E-state index contributed by atoms with van der Waals surface area (Å²) in [7, 11) is 0. The Morgan fingerprint density at radius 1 is 0.923 bits per heavy atom. The minimum atomic E-state index is -0.336. The SMILES string of the molecule is CCCC(=O)OCC(C)OCC(C)OC(=O)CCCCCCCN=C=O. The fourth-order valence-electron chi connectivity index (χ4n) is 2.19. The van der Waals surface area contributed by atoms with Crippen molar-refractivity contribution < 1.29 is 28.6 Å². The molecule has 0 bridgehead atoms. The van der Waals surface area contributed by atoms with Gasteiger partial charge in [0, 0.05) is 12.8 Å². The highest BCUT2D eigenvalue weighted by Crippen LogP contribution is 2.08. The standard InChI is InChI=1S/C19H33NO6/c1-4-10-18(22)25-13-16(2)24-14-17(3)26-19(23)11-8-6-5-7-9-12-20-15-21/h16-17H,4-14H2,1-3H3. The second kappa shape index (κ2) is 16.7. The third-order valence-corrected chi connectivity index (χ3v) is 3.60. The molecule has 0 saturated heterocycles. The summed E-state index contributed by atoms with van der Waals surface area (Å²) >= 11 is 0. The van der Waals surface area contributed by atoms with Crippen molar-refractivity contribution in [2.75, 3.05) is 19.8 Å². The zero-order valence-electron chi connectivity index (χ0n) is 16.3. The molecule has 7 heteroatoms. The van der Waals surface area contributed by atoms with E-state index >= 15 is 0 Å². The highest BCUT2D eigenvalue weighted by atomic mass is 16.6. The van der Waals surface area contributed by atoms with Gasteiger partial charge in [0.2, 0.25) is 6.08 Å². The maximum absolute atomic E-state index is 11.8. The minimum absolute atomic E-state index is 0.206. The Morgan fingerprint density at radius 3 is 2.31 bits per heavy atom. The molecule has 0 amide bonds. The molecule has 26 heavy (non-hydrogen) atoms. The van der Waals surface area contributed by atoms with Crippen LogP contribution in [0.1, 0.15) is 72.1 Å². The van der Waals surface area contributed by atoms with Gasteiger partial charge in [0.15, 0.2) is 0 Å². The van der Waals surface area contributed by atoms with E-state index in [0.717, 1.165) is 38.5 Å². The molecule has 0 radical (unpaired) electrons. The van der Waals surface area contributed by atoms with Crippen molar-refractivity contribution in [1.82, 2.24) is 0 Å². The van der Waals surface area contributed by atoms with E-state index in [2.05, 4.69) is 4.99 Å². The number of nitrogens with zero attached hydrogens (tertiary/aromatic N) is 1. The monoisotopic (exact) mass is 371 g/mol. The quantitative estimate of drug-likeness (QED) is 0.179. The number of ether oxygens (including phenoxy) is 3. The molecule has 2 unspecified atom stereocenters. The Labute approximate surface area is 156 Å². The summed E-state index contributed by atoms with van der Waals surface area (Å²) in [5.74, 6) is -0.451. The molecule has 0 rings (SSSR count). The highest BCUT2D eigenvalue weighted by molar-refractivity contribution is 5.69. The van der Waals surface area contributed by atoms with Gasteiger partial charge in [0.1, 0.15) is 12.7 Å². The van der Waals surface area contributed by atoms with Gasteiger partial charge < -0.3 is 14.2 Å². The number of hydrogen-bond donors (Lipinski definition) is 0. The Balaban J connectivity index is 3.63. The first-order valence-electron chi connectivity index (χ1n) is 9.49. The zero-order valence-corrected chi connectivity index (χ0v) is 16.3. The third-order valence-electron chi connectivity index (χ3n) is 3.60. The van der Waals surface area contributed by atoms with Gasteiger partial charge in [-0.25, -0.2) is 9.79 Å². The number of hydrogen-bond acceptors (Lipinski definition) is 7. The number of unbranched alkanes of at least 4 members (excludes halogenated alkanes) is 4. The summed E-state index contributed by atoms with van der Waals surface area (Å²) < 4.78 is 15.9. The van der Waals surface area contributed by atoms with Crippen molar-refractivity contribution in [2.24, 2.45) is 4.99 Å². The number of rotatable bonds is 16. The van der Waals surface area contributed by atoms with E-state index in [1.165, 1.54) is 6.08 Å². The molecule has 0 aromatic carbocycles. The fraction of sp³-hybridized carbons (Fsp3) is 0.842. The first-order valence-corrected chi connectivity index (χ1v) is 9.49. The molecule has 0 aromatic rings. The normalized spacial score (nSPS) is 12.7. The van der Waals surface area contributed by atoms with Gasteiger partial charge in [-0.05, 0) is 33.1 Å². The second-order valence-corrected chi connectivity index (χ2v) is 6.37. The lowest BCUT2D eigenvalue weighted by Crippen LogP contribution is -2.26. The first-order chi connectivity index (χ1) is 12.5. The van der Waals surface area contributed by atoms with Crippen LogP contribution < -0.4 is 0 Å². The van der Waals surface area contributed by atoms with Gasteiger partial charge in [0.05, 0.1) is 19.3 Å². The van der Waals surface area contributed by atoms with Gasteiger partial charge >= 0.3 is 11.9 Å². The number of carbonyl (C=O) groups is 2. The zero-order chi connectivity index (χ0) is 19.6. The van der Waals surface area contributed by atoms with E-state index < -0.39 is 0 Å². The predicted octanol–water partition coefficient (Wildman–Crippen LogP) is 3.34. The number of esters is 2. The Bertz CT molecular complexity index is 434. The molecule has 7 nitrogen and oxygen atoms in total. The fourth-order valence-corrected chi connectivity index (χ4v) is 2.19. The topological polar surface area (TPSA) is 91.3 Å². The molecule has 0 aromatic heterocycles. The van der Waals surface area contributed by atoms with Crippen LogP contribution in [0, 0.1) is 0 Å². The summed E-state index contributed by atoms with van der Waals surface area (Å²) in [6, 6.07) is 0. The smallest absolute Gasteiger partial charge is 0.306 e. The average Bonchev–Trinajstić information content (AvgIpc) is 2.60. The molecule has 0 fully saturated rings. The molecule has 0 aliphatic rings. The van der Waals surface area contributed by atoms with E-state index in [1.54, 1.807) is 6.92 Å². The van der Waals surface area contributed by atoms with Crippen molar-refractivity contribution in [3.8, 4) is 0 Å². The lowest BCUT2D eigenvalue weighted by molar-refractivity contribution is -0.154. The van der Waals surface area contributed by atoms with Gasteiger partial charge in [-0.2, -0.15) is 0 Å². The van der Waals surface area contributed by atoms with Crippen LogP contribution in [-0.2, 0) is 28.6 Å². The van der Waals surface area contributed by atoms with Crippen molar-refractivity contribution in [3.63, 3.8) is 0 Å². The average molecular weight is 371 g/mol.